The molecule has 2 N–H and O–H groups in total. The zero-order valence-corrected chi connectivity index (χ0v) is 13.9. The number of carboxylic acid groups (broad SMARTS) is 1. The van der Waals surface area contributed by atoms with Gasteiger partial charge in [-0.1, -0.05) is 23.2 Å². The van der Waals surface area contributed by atoms with Crippen LogP contribution < -0.4 is 10.1 Å². The zero-order valence-electron chi connectivity index (χ0n) is 11.6. The number of amides is 1. The molecule has 0 saturated carbocycles. The van der Waals surface area contributed by atoms with Crippen molar-refractivity contribution in [3.05, 3.63) is 28.2 Å². The maximum Gasteiger partial charge on any atom is 0.329 e. The van der Waals surface area contributed by atoms with E-state index in [0.29, 0.717) is 40.1 Å². The first-order valence-corrected chi connectivity index (χ1v) is 8.53. The molecule has 1 heterocycles. The normalized spacial score (nSPS) is 16.8. The number of hydrogen-bond donors (Lipinski definition) is 2. The van der Waals surface area contributed by atoms with Crippen LogP contribution in [0.4, 0.5) is 0 Å². The number of ether oxygens (including phenoxy) is 1. The van der Waals surface area contributed by atoms with E-state index in [1.165, 1.54) is 12.1 Å². The Labute approximate surface area is 142 Å². The third kappa shape index (κ3) is 4.44. The number of hydrogen-bond acceptors (Lipinski definition) is 4. The van der Waals surface area contributed by atoms with E-state index >= 15 is 0 Å². The van der Waals surface area contributed by atoms with Crippen LogP contribution in [0.2, 0.25) is 10.0 Å². The number of carbonyl (C=O) groups excluding carboxylic acids is 1. The lowest BCUT2D eigenvalue weighted by Gasteiger charge is -2.33. The Kier molecular flexibility index (Phi) is 5.83. The maximum atomic E-state index is 12.0. The van der Waals surface area contributed by atoms with E-state index in [0.717, 1.165) is 0 Å². The quantitative estimate of drug-likeness (QED) is 0.840. The summed E-state index contributed by atoms with van der Waals surface area (Å²) in [5.74, 6) is 0.280. The van der Waals surface area contributed by atoms with Crippen molar-refractivity contribution >= 4 is 46.8 Å². The van der Waals surface area contributed by atoms with Crippen LogP contribution >= 0.6 is 35.0 Å². The second kappa shape index (κ2) is 7.44. The fourth-order valence-corrected chi connectivity index (χ4v) is 3.87. The van der Waals surface area contributed by atoms with Gasteiger partial charge in [-0.3, -0.25) is 4.79 Å². The van der Waals surface area contributed by atoms with Crippen LogP contribution in [0.25, 0.3) is 0 Å². The third-order valence-corrected chi connectivity index (χ3v) is 4.76. The van der Waals surface area contributed by atoms with E-state index in [9.17, 15) is 14.7 Å². The molecule has 0 bridgehead atoms. The second-order valence-corrected chi connectivity index (χ2v) is 7.04. The lowest BCUT2D eigenvalue weighted by atomic mass is 9.92. The number of halogens is 2. The van der Waals surface area contributed by atoms with Crippen molar-refractivity contribution in [2.75, 3.05) is 18.1 Å². The molecule has 0 radical (unpaired) electrons. The van der Waals surface area contributed by atoms with Crippen molar-refractivity contribution in [3.8, 4) is 5.75 Å². The summed E-state index contributed by atoms with van der Waals surface area (Å²) in [6.45, 7) is -0.293. The second-order valence-electron chi connectivity index (χ2n) is 4.94. The summed E-state index contributed by atoms with van der Waals surface area (Å²) in [7, 11) is 0. The lowest BCUT2D eigenvalue weighted by Crippen LogP contribution is -2.57. The van der Waals surface area contributed by atoms with Crippen LogP contribution in [0.3, 0.4) is 0 Å². The molecule has 1 saturated heterocycles. The predicted octanol–water partition coefficient (Wildman–Crippen LogP) is 2.84. The summed E-state index contributed by atoms with van der Waals surface area (Å²) in [6.07, 6.45) is 0.809. The molecule has 1 aliphatic heterocycles. The molecule has 1 aliphatic rings. The Bertz CT molecular complexity index is 556. The Hall–Kier alpha value is -1.11. The van der Waals surface area contributed by atoms with Gasteiger partial charge >= 0.3 is 5.97 Å². The summed E-state index contributed by atoms with van der Waals surface area (Å²) in [6, 6.07) is 4.62. The summed E-state index contributed by atoms with van der Waals surface area (Å²) in [5.41, 5.74) is -1.20. The monoisotopic (exact) mass is 363 g/mol. The zero-order chi connectivity index (χ0) is 16.2. The number of nitrogens with one attached hydrogen (secondary N) is 1. The molecule has 8 heteroatoms. The van der Waals surface area contributed by atoms with E-state index < -0.39 is 17.4 Å². The minimum Gasteiger partial charge on any atom is -0.484 e. The van der Waals surface area contributed by atoms with Crippen LogP contribution in [0.5, 0.6) is 5.75 Å². The van der Waals surface area contributed by atoms with Gasteiger partial charge in [-0.05, 0) is 42.5 Å². The third-order valence-electron chi connectivity index (χ3n) is 3.34. The number of aliphatic carboxylic acids is 1. The molecule has 120 valence electrons. The molecule has 22 heavy (non-hydrogen) atoms. The highest BCUT2D eigenvalue weighted by atomic mass is 35.5. The molecular weight excluding hydrogens is 349 g/mol. The molecule has 0 spiro atoms. The smallest absolute Gasteiger partial charge is 0.329 e. The highest BCUT2D eigenvalue weighted by Crippen LogP contribution is 2.27. The Morgan fingerprint density at radius 1 is 1.23 bits per heavy atom. The summed E-state index contributed by atoms with van der Waals surface area (Å²) in [5, 5.41) is 12.8. The fraction of sp³-hybridized carbons (Fsp3) is 0.429. The lowest BCUT2D eigenvalue weighted by molar-refractivity contribution is -0.148. The van der Waals surface area contributed by atoms with Gasteiger partial charge in [0.25, 0.3) is 5.91 Å². The number of rotatable bonds is 5. The Morgan fingerprint density at radius 2 is 1.82 bits per heavy atom. The van der Waals surface area contributed by atoms with Gasteiger partial charge in [0.2, 0.25) is 0 Å². The van der Waals surface area contributed by atoms with Crippen molar-refractivity contribution in [2.45, 2.75) is 18.4 Å². The van der Waals surface area contributed by atoms with Crippen molar-refractivity contribution in [2.24, 2.45) is 0 Å². The summed E-state index contributed by atoms with van der Waals surface area (Å²) >= 11 is 13.4. The van der Waals surface area contributed by atoms with Crippen molar-refractivity contribution in [1.82, 2.24) is 5.32 Å². The highest BCUT2D eigenvalue weighted by Gasteiger charge is 2.41. The van der Waals surface area contributed by atoms with E-state index in [1.54, 1.807) is 17.8 Å². The van der Waals surface area contributed by atoms with Gasteiger partial charge in [0.15, 0.2) is 6.61 Å². The summed E-state index contributed by atoms with van der Waals surface area (Å²) < 4.78 is 5.32. The minimum atomic E-state index is -1.20. The standard InChI is InChI=1S/C14H15Cl2NO4S/c15-9-5-10(16)7-11(6-9)21-8-12(18)17-14(13(19)20)1-3-22-4-2-14/h5-7H,1-4,8H2,(H,17,18)(H,19,20). The number of carbonyl (C=O) groups is 2. The molecule has 1 amide bonds. The van der Waals surface area contributed by atoms with E-state index in [4.69, 9.17) is 27.9 Å². The van der Waals surface area contributed by atoms with Crippen molar-refractivity contribution in [1.29, 1.82) is 0 Å². The van der Waals surface area contributed by atoms with Gasteiger partial charge in [-0.2, -0.15) is 11.8 Å². The van der Waals surface area contributed by atoms with E-state index in [2.05, 4.69) is 5.32 Å². The number of benzene rings is 1. The molecule has 5 nitrogen and oxygen atoms in total. The molecule has 0 aromatic heterocycles. The first-order chi connectivity index (χ1) is 10.4. The largest absolute Gasteiger partial charge is 0.484 e. The van der Waals surface area contributed by atoms with Crippen LogP contribution in [-0.4, -0.2) is 40.6 Å². The number of thioether (sulfide) groups is 1. The van der Waals surface area contributed by atoms with Gasteiger partial charge in [-0.25, -0.2) is 4.79 Å². The van der Waals surface area contributed by atoms with Gasteiger partial charge in [0, 0.05) is 10.0 Å². The van der Waals surface area contributed by atoms with Crippen LogP contribution in [0.1, 0.15) is 12.8 Å². The first kappa shape index (κ1) is 17.2. The van der Waals surface area contributed by atoms with Gasteiger partial charge < -0.3 is 15.2 Å². The van der Waals surface area contributed by atoms with Crippen molar-refractivity contribution in [3.63, 3.8) is 0 Å². The fourth-order valence-electron chi connectivity index (χ4n) is 2.18. The molecule has 1 aromatic rings. The van der Waals surface area contributed by atoms with Crippen LogP contribution in [0, 0.1) is 0 Å². The Balaban J connectivity index is 1.95. The van der Waals surface area contributed by atoms with E-state index in [-0.39, 0.29) is 6.61 Å². The van der Waals surface area contributed by atoms with Crippen molar-refractivity contribution < 1.29 is 19.4 Å². The van der Waals surface area contributed by atoms with E-state index in [1.807, 2.05) is 0 Å². The molecule has 0 atom stereocenters. The molecule has 0 aliphatic carbocycles. The topological polar surface area (TPSA) is 75.6 Å². The molecule has 1 aromatic carbocycles. The predicted molar refractivity (Wildman–Crippen MR) is 87.0 cm³/mol. The van der Waals surface area contributed by atoms with Gasteiger partial charge in [0.1, 0.15) is 11.3 Å². The number of carboxylic acids is 1. The van der Waals surface area contributed by atoms with Gasteiger partial charge in [0.05, 0.1) is 0 Å². The summed E-state index contributed by atoms with van der Waals surface area (Å²) in [4.78, 5) is 23.5. The molecule has 0 unspecified atom stereocenters. The average molecular weight is 364 g/mol. The highest BCUT2D eigenvalue weighted by molar-refractivity contribution is 7.99. The Morgan fingerprint density at radius 3 is 2.36 bits per heavy atom. The molecule has 1 fully saturated rings. The van der Waals surface area contributed by atoms with Crippen LogP contribution in [-0.2, 0) is 9.59 Å². The maximum absolute atomic E-state index is 12.0. The molecular formula is C14H15Cl2NO4S. The molecule has 2 rings (SSSR count). The van der Waals surface area contributed by atoms with Gasteiger partial charge in [-0.15, -0.1) is 0 Å². The SMILES string of the molecule is O=C(COc1cc(Cl)cc(Cl)c1)NC1(C(=O)O)CCSCC1. The first-order valence-electron chi connectivity index (χ1n) is 6.62. The average Bonchev–Trinajstić information content (AvgIpc) is 2.45. The van der Waals surface area contributed by atoms with Crippen LogP contribution in [0.15, 0.2) is 18.2 Å². The minimum absolute atomic E-state index is 0.293.